The lowest BCUT2D eigenvalue weighted by atomic mass is 10.2. The van der Waals surface area contributed by atoms with Gasteiger partial charge < -0.3 is 5.32 Å². The summed E-state index contributed by atoms with van der Waals surface area (Å²) in [4.78, 5) is 8.45. The molecule has 0 saturated heterocycles. The molecule has 8 heteroatoms. The maximum atomic E-state index is 13.0. The predicted octanol–water partition coefficient (Wildman–Crippen LogP) is 3.68. The topological polar surface area (TPSA) is 76.9 Å². The number of halogens is 1. The number of anilines is 1. The molecule has 1 aliphatic rings. The average molecular weight is 389 g/mol. The first-order valence-electron chi connectivity index (χ1n) is 8.22. The van der Waals surface area contributed by atoms with Crippen molar-refractivity contribution in [1.82, 2.24) is 13.9 Å². The molecule has 0 unspecified atom stereocenters. The van der Waals surface area contributed by atoms with E-state index < -0.39 is 10.0 Å². The van der Waals surface area contributed by atoms with Crippen molar-refractivity contribution in [2.45, 2.75) is 24.6 Å². The Morgan fingerprint density at radius 2 is 2.00 bits per heavy atom. The number of hydrogen-bond donors (Lipinski definition) is 1. The van der Waals surface area contributed by atoms with Crippen LogP contribution in [0.2, 0.25) is 5.28 Å². The van der Waals surface area contributed by atoms with Gasteiger partial charge in [0.05, 0.1) is 11.1 Å². The molecule has 0 atom stereocenters. The third kappa shape index (κ3) is 3.20. The van der Waals surface area contributed by atoms with Gasteiger partial charge in [-0.15, -0.1) is 0 Å². The lowest BCUT2D eigenvalue weighted by Crippen LogP contribution is -2.15. The molecule has 0 bridgehead atoms. The van der Waals surface area contributed by atoms with E-state index in [2.05, 4.69) is 21.9 Å². The van der Waals surface area contributed by atoms with Crippen LogP contribution in [0.25, 0.3) is 17.1 Å². The van der Waals surface area contributed by atoms with E-state index in [1.165, 1.54) is 10.2 Å². The minimum atomic E-state index is -3.68. The summed E-state index contributed by atoms with van der Waals surface area (Å²) in [6, 6.07) is 9.36. The second-order valence-electron chi connectivity index (χ2n) is 6.28. The third-order valence-electron chi connectivity index (χ3n) is 4.25. The minimum Gasteiger partial charge on any atom is -0.367 e. The Hall–Kier alpha value is -2.38. The maximum absolute atomic E-state index is 13.0. The molecule has 2 aromatic heterocycles. The lowest BCUT2D eigenvalue weighted by Gasteiger charge is -2.09. The van der Waals surface area contributed by atoms with E-state index in [4.69, 9.17) is 11.6 Å². The molecule has 0 aliphatic heterocycles. The highest BCUT2D eigenvalue weighted by Crippen LogP contribution is 2.33. The van der Waals surface area contributed by atoms with Crippen LogP contribution < -0.4 is 5.32 Å². The van der Waals surface area contributed by atoms with Gasteiger partial charge in [0.1, 0.15) is 5.82 Å². The SMILES string of the molecule is C=Cc1cn(S(=O)(=O)Cc2ccccc2)c2nc(Cl)nc(NC3CC3)c12. The normalized spacial score (nSPS) is 14.5. The summed E-state index contributed by atoms with van der Waals surface area (Å²) in [6.07, 6.45) is 5.24. The summed E-state index contributed by atoms with van der Waals surface area (Å²) in [5, 5.41) is 3.92. The molecule has 0 spiro atoms. The molecule has 0 radical (unpaired) electrons. The van der Waals surface area contributed by atoms with Crippen molar-refractivity contribution in [1.29, 1.82) is 0 Å². The van der Waals surface area contributed by atoms with Crippen LogP contribution in [-0.4, -0.2) is 28.4 Å². The fraction of sp³-hybridized carbons (Fsp3) is 0.222. The molecule has 134 valence electrons. The molecular weight excluding hydrogens is 372 g/mol. The Labute approximate surface area is 156 Å². The van der Waals surface area contributed by atoms with Crippen LogP contribution >= 0.6 is 11.6 Å². The number of hydrogen-bond acceptors (Lipinski definition) is 5. The minimum absolute atomic E-state index is 0.00511. The maximum Gasteiger partial charge on any atom is 0.244 e. The number of aromatic nitrogens is 3. The first-order valence-corrected chi connectivity index (χ1v) is 10.2. The summed E-state index contributed by atoms with van der Waals surface area (Å²) in [5.74, 6) is 0.410. The molecule has 1 N–H and O–H groups in total. The highest BCUT2D eigenvalue weighted by molar-refractivity contribution is 7.89. The molecule has 4 rings (SSSR count). The fourth-order valence-electron chi connectivity index (χ4n) is 2.85. The van der Waals surface area contributed by atoms with Crippen LogP contribution in [-0.2, 0) is 15.8 Å². The van der Waals surface area contributed by atoms with E-state index in [-0.39, 0.29) is 16.7 Å². The Kier molecular flexibility index (Phi) is 4.20. The number of nitrogens with one attached hydrogen (secondary N) is 1. The molecule has 26 heavy (non-hydrogen) atoms. The van der Waals surface area contributed by atoms with Gasteiger partial charge in [-0.1, -0.05) is 43.0 Å². The van der Waals surface area contributed by atoms with Gasteiger partial charge in [0.25, 0.3) is 0 Å². The van der Waals surface area contributed by atoms with Crippen molar-refractivity contribution in [3.8, 4) is 0 Å². The number of benzene rings is 1. The van der Waals surface area contributed by atoms with Crippen molar-refractivity contribution in [2.75, 3.05) is 5.32 Å². The smallest absolute Gasteiger partial charge is 0.244 e. The van der Waals surface area contributed by atoms with Crippen molar-refractivity contribution in [3.05, 3.63) is 59.5 Å². The Bertz CT molecular complexity index is 1090. The summed E-state index contributed by atoms with van der Waals surface area (Å²) in [7, 11) is -3.68. The monoisotopic (exact) mass is 388 g/mol. The van der Waals surface area contributed by atoms with Crippen molar-refractivity contribution in [3.63, 3.8) is 0 Å². The highest BCUT2D eigenvalue weighted by Gasteiger charge is 2.27. The Morgan fingerprint density at radius 3 is 2.65 bits per heavy atom. The van der Waals surface area contributed by atoms with E-state index in [9.17, 15) is 8.42 Å². The first-order chi connectivity index (χ1) is 12.5. The van der Waals surface area contributed by atoms with Crippen LogP contribution in [0.1, 0.15) is 24.0 Å². The van der Waals surface area contributed by atoms with Gasteiger partial charge in [0.2, 0.25) is 15.3 Å². The van der Waals surface area contributed by atoms with Crippen LogP contribution in [0.3, 0.4) is 0 Å². The van der Waals surface area contributed by atoms with E-state index in [1.54, 1.807) is 18.2 Å². The van der Waals surface area contributed by atoms with Crippen LogP contribution in [0, 0.1) is 0 Å². The standard InChI is InChI=1S/C18H17ClN4O2S/c1-2-13-10-23(26(24,25)11-12-6-4-3-5-7-12)17-15(13)16(20-14-8-9-14)21-18(19)22-17/h2-7,10,14H,1,8-9,11H2,(H,20,21,22). The van der Waals surface area contributed by atoms with Crippen molar-refractivity contribution >= 4 is 44.6 Å². The molecule has 0 amide bonds. The predicted molar refractivity (Wildman–Crippen MR) is 104 cm³/mol. The zero-order valence-electron chi connectivity index (χ0n) is 13.9. The summed E-state index contributed by atoms with van der Waals surface area (Å²) >= 11 is 6.07. The average Bonchev–Trinajstić information content (AvgIpc) is 3.32. The van der Waals surface area contributed by atoms with Gasteiger partial charge >= 0.3 is 0 Å². The Morgan fingerprint density at radius 1 is 1.27 bits per heavy atom. The molecular formula is C18H17ClN4O2S. The number of rotatable bonds is 6. The summed E-state index contributed by atoms with van der Waals surface area (Å²) in [6.45, 7) is 3.79. The molecule has 6 nitrogen and oxygen atoms in total. The molecule has 2 heterocycles. The molecule has 1 saturated carbocycles. The summed E-state index contributed by atoms with van der Waals surface area (Å²) < 4.78 is 27.2. The molecule has 3 aromatic rings. The van der Waals surface area contributed by atoms with E-state index in [0.717, 1.165) is 12.8 Å². The van der Waals surface area contributed by atoms with Gasteiger partial charge in [-0.05, 0) is 30.0 Å². The van der Waals surface area contributed by atoms with Gasteiger partial charge in [-0.3, -0.25) is 0 Å². The zero-order valence-corrected chi connectivity index (χ0v) is 15.5. The number of fused-ring (bicyclic) bond motifs is 1. The van der Waals surface area contributed by atoms with Crippen LogP contribution in [0.15, 0.2) is 43.1 Å². The van der Waals surface area contributed by atoms with Gasteiger partial charge in [-0.25, -0.2) is 17.4 Å². The van der Waals surface area contributed by atoms with Crippen LogP contribution in [0.5, 0.6) is 0 Å². The van der Waals surface area contributed by atoms with Crippen LogP contribution in [0.4, 0.5) is 5.82 Å². The fourth-order valence-corrected chi connectivity index (χ4v) is 4.43. The first kappa shape index (κ1) is 17.1. The second-order valence-corrected chi connectivity index (χ2v) is 8.47. The lowest BCUT2D eigenvalue weighted by molar-refractivity contribution is 0.588. The Balaban J connectivity index is 1.87. The zero-order chi connectivity index (χ0) is 18.3. The third-order valence-corrected chi connectivity index (χ3v) is 5.99. The largest absolute Gasteiger partial charge is 0.367 e. The van der Waals surface area contributed by atoms with Crippen molar-refractivity contribution < 1.29 is 8.42 Å². The second kappa shape index (κ2) is 6.41. The highest BCUT2D eigenvalue weighted by atomic mass is 35.5. The molecule has 1 aliphatic carbocycles. The van der Waals surface area contributed by atoms with Crippen molar-refractivity contribution in [2.24, 2.45) is 0 Å². The molecule has 1 fully saturated rings. The summed E-state index contributed by atoms with van der Waals surface area (Å²) in [5.41, 5.74) is 1.61. The van der Waals surface area contributed by atoms with E-state index in [1.807, 2.05) is 18.2 Å². The quantitative estimate of drug-likeness (QED) is 0.652. The molecule has 1 aromatic carbocycles. The van der Waals surface area contributed by atoms with E-state index in [0.29, 0.717) is 28.4 Å². The van der Waals surface area contributed by atoms with E-state index >= 15 is 0 Å². The van der Waals surface area contributed by atoms with Gasteiger partial charge in [0, 0.05) is 17.8 Å². The number of nitrogens with zero attached hydrogens (tertiary/aromatic N) is 3. The van der Waals surface area contributed by atoms with Gasteiger partial charge in [-0.2, -0.15) is 4.98 Å². The van der Waals surface area contributed by atoms with Gasteiger partial charge in [0.15, 0.2) is 5.65 Å².